The first-order valence-corrected chi connectivity index (χ1v) is 9.14. The number of hydrogen-bond acceptors (Lipinski definition) is 4. The largest absolute Gasteiger partial charge is 0.295 e. The Bertz CT molecular complexity index is 729. The van der Waals surface area contributed by atoms with Gasteiger partial charge in [-0.25, -0.2) is 8.42 Å². The van der Waals surface area contributed by atoms with Gasteiger partial charge in [-0.2, -0.15) is 0 Å². The molecular weight excluding hydrogens is 320 g/mol. The van der Waals surface area contributed by atoms with Gasteiger partial charge in [0.25, 0.3) is 5.91 Å². The molecule has 2 N–H and O–H groups in total. The van der Waals surface area contributed by atoms with Crippen molar-refractivity contribution in [3.05, 3.63) is 65.7 Å². The maximum atomic E-state index is 11.9. The number of amides is 1. The van der Waals surface area contributed by atoms with Crippen LogP contribution >= 0.6 is 11.9 Å². The Morgan fingerprint density at radius 2 is 1.68 bits per heavy atom. The van der Waals surface area contributed by atoms with Gasteiger partial charge in [-0.15, -0.1) is 0 Å². The molecule has 0 heterocycles. The third-order valence-electron chi connectivity index (χ3n) is 2.74. The van der Waals surface area contributed by atoms with Crippen LogP contribution in [0.3, 0.4) is 0 Å². The fraction of sp³-hybridized carbons (Fsp3) is 0.133. The summed E-state index contributed by atoms with van der Waals surface area (Å²) in [5.41, 5.74) is 2.03. The average Bonchev–Trinajstić information content (AvgIpc) is 2.50. The highest BCUT2D eigenvalue weighted by atomic mass is 32.3. The highest BCUT2D eigenvalue weighted by Gasteiger charge is 2.12. The number of hydrogen-bond donors (Lipinski definition) is 2. The molecule has 0 aliphatic heterocycles. The second-order valence-electron chi connectivity index (χ2n) is 4.64. The van der Waals surface area contributed by atoms with Gasteiger partial charge in [-0.1, -0.05) is 35.9 Å². The molecule has 2 aromatic carbocycles. The molecule has 0 aromatic heterocycles. The summed E-state index contributed by atoms with van der Waals surface area (Å²) in [6.07, 6.45) is 0. The smallest absolute Gasteiger partial charge is 0.261 e. The molecule has 1 amide bonds. The standard InChI is InChI=1S/C15H16N2O3S2/c1-12-7-9-14(10-8-12)17-22(19,20)11-21-16-15(18)13-5-3-2-4-6-13/h2-10,17H,11H2,1H3,(H,16,18). The van der Waals surface area contributed by atoms with E-state index in [0.717, 1.165) is 17.5 Å². The minimum Gasteiger partial charge on any atom is -0.295 e. The van der Waals surface area contributed by atoms with Crippen molar-refractivity contribution < 1.29 is 13.2 Å². The third kappa shape index (κ3) is 5.09. The molecule has 0 aliphatic carbocycles. The van der Waals surface area contributed by atoms with E-state index in [9.17, 15) is 13.2 Å². The van der Waals surface area contributed by atoms with Crippen LogP contribution in [0.25, 0.3) is 0 Å². The Morgan fingerprint density at radius 3 is 2.32 bits per heavy atom. The van der Waals surface area contributed by atoms with Gasteiger partial charge in [0, 0.05) is 11.3 Å². The molecule has 7 heteroatoms. The first-order chi connectivity index (χ1) is 10.5. The van der Waals surface area contributed by atoms with E-state index in [1.165, 1.54) is 0 Å². The Morgan fingerprint density at radius 1 is 1.05 bits per heavy atom. The molecule has 0 aliphatic rings. The topological polar surface area (TPSA) is 75.3 Å². The molecule has 0 fully saturated rings. The predicted molar refractivity (Wildman–Crippen MR) is 90.1 cm³/mol. The third-order valence-corrected chi connectivity index (χ3v) is 5.33. The van der Waals surface area contributed by atoms with Crippen LogP contribution in [0.4, 0.5) is 5.69 Å². The average molecular weight is 336 g/mol. The van der Waals surface area contributed by atoms with Crippen LogP contribution in [0, 0.1) is 6.92 Å². The lowest BCUT2D eigenvalue weighted by molar-refractivity contribution is 0.0984. The quantitative estimate of drug-likeness (QED) is 0.796. The second kappa shape index (κ2) is 7.33. The lowest BCUT2D eigenvalue weighted by atomic mass is 10.2. The lowest BCUT2D eigenvalue weighted by Crippen LogP contribution is -2.21. The van der Waals surface area contributed by atoms with Crippen LogP contribution < -0.4 is 9.44 Å². The Labute approximate surface area is 134 Å². The van der Waals surface area contributed by atoms with Gasteiger partial charge in [0.2, 0.25) is 10.0 Å². The minimum absolute atomic E-state index is 0.264. The molecule has 22 heavy (non-hydrogen) atoms. The van der Waals surface area contributed by atoms with Gasteiger partial charge in [0.15, 0.2) is 0 Å². The Kier molecular flexibility index (Phi) is 5.46. The van der Waals surface area contributed by atoms with Crippen molar-refractivity contribution in [3.8, 4) is 0 Å². The van der Waals surface area contributed by atoms with E-state index in [0.29, 0.717) is 11.3 Å². The zero-order chi connectivity index (χ0) is 16.0. The van der Waals surface area contributed by atoms with E-state index in [4.69, 9.17) is 0 Å². The van der Waals surface area contributed by atoms with Crippen LogP contribution in [-0.4, -0.2) is 19.4 Å². The van der Waals surface area contributed by atoms with E-state index < -0.39 is 10.0 Å². The van der Waals surface area contributed by atoms with Gasteiger partial charge < -0.3 is 0 Å². The number of anilines is 1. The molecular formula is C15H16N2O3S2. The SMILES string of the molecule is Cc1ccc(NS(=O)(=O)CSNC(=O)c2ccccc2)cc1. The van der Waals surface area contributed by atoms with E-state index in [-0.39, 0.29) is 11.0 Å². The van der Waals surface area contributed by atoms with Crippen LogP contribution in [-0.2, 0) is 10.0 Å². The van der Waals surface area contributed by atoms with Gasteiger partial charge in [-0.05, 0) is 43.1 Å². The molecule has 0 saturated heterocycles. The van der Waals surface area contributed by atoms with Crippen LogP contribution in [0.1, 0.15) is 15.9 Å². The molecule has 5 nitrogen and oxygen atoms in total. The summed E-state index contributed by atoms with van der Waals surface area (Å²) in [6, 6.07) is 15.7. The zero-order valence-corrected chi connectivity index (χ0v) is 13.6. The van der Waals surface area contributed by atoms with Crippen molar-refractivity contribution in [2.75, 3.05) is 9.81 Å². The number of benzene rings is 2. The van der Waals surface area contributed by atoms with Crippen molar-refractivity contribution in [1.29, 1.82) is 0 Å². The number of carbonyl (C=O) groups is 1. The molecule has 0 atom stereocenters. The summed E-state index contributed by atoms with van der Waals surface area (Å²) in [5.74, 6) is -0.323. The van der Waals surface area contributed by atoms with Crippen LogP contribution in [0.15, 0.2) is 54.6 Å². The van der Waals surface area contributed by atoms with Crippen molar-refractivity contribution in [3.63, 3.8) is 0 Å². The molecule has 0 bridgehead atoms. The molecule has 2 aromatic rings. The predicted octanol–water partition coefficient (Wildman–Crippen LogP) is 2.77. The van der Waals surface area contributed by atoms with Gasteiger partial charge >= 0.3 is 0 Å². The molecule has 0 spiro atoms. The first kappa shape index (κ1) is 16.4. The van der Waals surface area contributed by atoms with Crippen molar-refractivity contribution in [2.45, 2.75) is 6.92 Å². The van der Waals surface area contributed by atoms with Crippen LogP contribution in [0.5, 0.6) is 0 Å². The van der Waals surface area contributed by atoms with Crippen molar-refractivity contribution in [2.24, 2.45) is 0 Å². The molecule has 0 unspecified atom stereocenters. The number of aryl methyl sites for hydroxylation is 1. The number of carbonyl (C=O) groups excluding carboxylic acids is 1. The van der Waals surface area contributed by atoms with Gasteiger partial charge in [0.1, 0.15) is 5.08 Å². The zero-order valence-electron chi connectivity index (χ0n) is 11.9. The van der Waals surface area contributed by atoms with Gasteiger partial charge in [0.05, 0.1) is 0 Å². The summed E-state index contributed by atoms with van der Waals surface area (Å²) in [5, 5.41) is -0.264. The fourth-order valence-corrected chi connectivity index (χ4v) is 3.49. The maximum Gasteiger partial charge on any atom is 0.261 e. The Balaban J connectivity index is 1.85. The van der Waals surface area contributed by atoms with E-state index in [1.807, 2.05) is 19.1 Å². The molecule has 0 saturated carbocycles. The Hall–Kier alpha value is -1.99. The monoisotopic (exact) mass is 336 g/mol. The maximum absolute atomic E-state index is 11.9. The highest BCUT2D eigenvalue weighted by molar-refractivity contribution is 8.12. The van der Waals surface area contributed by atoms with E-state index in [2.05, 4.69) is 9.44 Å². The summed E-state index contributed by atoms with van der Waals surface area (Å²) < 4.78 is 28.8. The number of rotatable bonds is 6. The highest BCUT2D eigenvalue weighted by Crippen LogP contribution is 2.13. The molecule has 2 rings (SSSR count). The van der Waals surface area contributed by atoms with Gasteiger partial charge in [-0.3, -0.25) is 14.2 Å². The summed E-state index contributed by atoms with van der Waals surface area (Å²) in [4.78, 5) is 11.8. The molecule has 0 radical (unpaired) electrons. The number of sulfonamides is 1. The lowest BCUT2D eigenvalue weighted by Gasteiger charge is -2.08. The summed E-state index contributed by atoms with van der Waals surface area (Å²) >= 11 is 0.836. The fourth-order valence-electron chi connectivity index (χ4n) is 1.65. The van der Waals surface area contributed by atoms with E-state index >= 15 is 0 Å². The summed E-state index contributed by atoms with van der Waals surface area (Å²) in [6.45, 7) is 1.92. The number of nitrogens with one attached hydrogen (secondary N) is 2. The second-order valence-corrected chi connectivity index (χ2v) is 7.51. The molecule has 116 valence electrons. The normalized spacial score (nSPS) is 11.0. The van der Waals surface area contributed by atoms with Crippen molar-refractivity contribution >= 4 is 33.6 Å². The van der Waals surface area contributed by atoms with Crippen LogP contribution in [0.2, 0.25) is 0 Å². The van der Waals surface area contributed by atoms with Crippen molar-refractivity contribution in [1.82, 2.24) is 4.72 Å². The first-order valence-electron chi connectivity index (χ1n) is 6.51. The summed E-state index contributed by atoms with van der Waals surface area (Å²) in [7, 11) is -3.53. The van der Waals surface area contributed by atoms with E-state index in [1.54, 1.807) is 42.5 Å². The minimum atomic E-state index is -3.53.